The smallest absolute Gasteiger partial charge is 0.319 e. The van der Waals surface area contributed by atoms with E-state index in [4.69, 9.17) is 11.6 Å². The molecule has 1 aliphatic rings. The van der Waals surface area contributed by atoms with Crippen LogP contribution >= 0.6 is 11.6 Å². The van der Waals surface area contributed by atoms with E-state index in [0.29, 0.717) is 17.3 Å². The molecule has 19 heavy (non-hydrogen) atoms. The molecule has 0 radical (unpaired) electrons. The van der Waals surface area contributed by atoms with E-state index in [0.717, 1.165) is 25.9 Å². The standard InChI is InChI=1S/C14H18ClN3O/c15-12-3-1-2-4-13(12)18-14(19)17-10-7-11-5-8-16-9-6-11/h1-5,16H,6-10H2,(H2,17,18,19). The minimum absolute atomic E-state index is 0.220. The van der Waals surface area contributed by atoms with Crippen molar-refractivity contribution < 1.29 is 4.79 Å². The van der Waals surface area contributed by atoms with Crippen LogP contribution in [0.5, 0.6) is 0 Å². The van der Waals surface area contributed by atoms with Crippen LogP contribution in [0.2, 0.25) is 5.02 Å². The van der Waals surface area contributed by atoms with Crippen LogP contribution < -0.4 is 16.0 Å². The van der Waals surface area contributed by atoms with Gasteiger partial charge in [0.05, 0.1) is 10.7 Å². The summed E-state index contributed by atoms with van der Waals surface area (Å²) in [5, 5.41) is 9.37. The molecule has 0 atom stereocenters. The van der Waals surface area contributed by atoms with Gasteiger partial charge in [0.25, 0.3) is 0 Å². The summed E-state index contributed by atoms with van der Waals surface area (Å²) >= 11 is 5.97. The first-order valence-electron chi connectivity index (χ1n) is 6.44. The maximum Gasteiger partial charge on any atom is 0.319 e. The number of halogens is 1. The Morgan fingerprint density at radius 2 is 2.21 bits per heavy atom. The molecule has 0 aromatic heterocycles. The van der Waals surface area contributed by atoms with Crippen molar-refractivity contribution in [2.75, 3.05) is 25.0 Å². The Morgan fingerprint density at radius 1 is 1.37 bits per heavy atom. The lowest BCUT2D eigenvalue weighted by Crippen LogP contribution is -2.30. The van der Waals surface area contributed by atoms with Crippen LogP contribution in [-0.4, -0.2) is 25.7 Å². The molecule has 1 aromatic rings. The molecular weight excluding hydrogens is 262 g/mol. The highest BCUT2D eigenvalue weighted by Gasteiger charge is 2.06. The molecule has 0 bridgehead atoms. The molecule has 0 unspecified atom stereocenters. The average Bonchev–Trinajstić information content (AvgIpc) is 2.43. The number of anilines is 1. The summed E-state index contributed by atoms with van der Waals surface area (Å²) in [6.45, 7) is 2.60. The topological polar surface area (TPSA) is 53.2 Å². The second kappa shape index (κ2) is 7.16. The molecule has 2 rings (SSSR count). The van der Waals surface area contributed by atoms with Crippen molar-refractivity contribution in [2.45, 2.75) is 12.8 Å². The van der Waals surface area contributed by atoms with Crippen molar-refractivity contribution in [1.29, 1.82) is 0 Å². The van der Waals surface area contributed by atoms with Crippen molar-refractivity contribution in [3.05, 3.63) is 40.9 Å². The lowest BCUT2D eigenvalue weighted by Gasteiger charge is -2.14. The third-order valence-electron chi connectivity index (χ3n) is 3.01. The summed E-state index contributed by atoms with van der Waals surface area (Å²) in [5.41, 5.74) is 2.03. The van der Waals surface area contributed by atoms with Crippen LogP contribution in [0.4, 0.5) is 10.5 Å². The molecule has 2 amide bonds. The number of hydrogen-bond donors (Lipinski definition) is 3. The second-order valence-electron chi connectivity index (χ2n) is 4.43. The van der Waals surface area contributed by atoms with Gasteiger partial charge in [-0.15, -0.1) is 0 Å². The minimum Gasteiger partial charge on any atom is -0.338 e. The van der Waals surface area contributed by atoms with Gasteiger partial charge in [0.2, 0.25) is 0 Å². The molecule has 3 N–H and O–H groups in total. The van der Waals surface area contributed by atoms with Crippen LogP contribution in [0.15, 0.2) is 35.9 Å². The minimum atomic E-state index is -0.220. The quantitative estimate of drug-likeness (QED) is 0.743. The van der Waals surface area contributed by atoms with E-state index in [2.05, 4.69) is 22.0 Å². The van der Waals surface area contributed by atoms with E-state index in [-0.39, 0.29) is 6.03 Å². The molecule has 0 saturated carbocycles. The second-order valence-corrected chi connectivity index (χ2v) is 4.83. The third kappa shape index (κ3) is 4.58. The Kier molecular flexibility index (Phi) is 5.24. The lowest BCUT2D eigenvalue weighted by molar-refractivity contribution is 0.252. The lowest BCUT2D eigenvalue weighted by atomic mass is 10.1. The van der Waals surface area contributed by atoms with Crippen molar-refractivity contribution in [2.24, 2.45) is 0 Å². The van der Waals surface area contributed by atoms with Crippen molar-refractivity contribution in [1.82, 2.24) is 10.6 Å². The summed E-state index contributed by atoms with van der Waals surface area (Å²) in [6.07, 6.45) is 4.16. The van der Waals surface area contributed by atoms with Crippen LogP contribution in [0.3, 0.4) is 0 Å². The Hall–Kier alpha value is -1.52. The first kappa shape index (κ1) is 13.9. The summed E-state index contributed by atoms with van der Waals surface area (Å²) in [5.74, 6) is 0. The Morgan fingerprint density at radius 3 is 2.95 bits per heavy atom. The van der Waals surface area contributed by atoms with Gasteiger partial charge in [-0.2, -0.15) is 0 Å². The van der Waals surface area contributed by atoms with Gasteiger partial charge in [-0.1, -0.05) is 35.4 Å². The summed E-state index contributed by atoms with van der Waals surface area (Å²) in [4.78, 5) is 11.7. The fraction of sp³-hybridized carbons (Fsp3) is 0.357. The Labute approximate surface area is 118 Å². The fourth-order valence-electron chi connectivity index (χ4n) is 1.96. The van der Waals surface area contributed by atoms with Crippen LogP contribution in [0.1, 0.15) is 12.8 Å². The van der Waals surface area contributed by atoms with Gasteiger partial charge in [-0.3, -0.25) is 0 Å². The number of nitrogens with one attached hydrogen (secondary N) is 3. The van der Waals surface area contributed by atoms with Gasteiger partial charge < -0.3 is 16.0 Å². The first-order valence-corrected chi connectivity index (χ1v) is 6.81. The predicted molar refractivity (Wildman–Crippen MR) is 78.7 cm³/mol. The normalized spacial score (nSPS) is 14.7. The molecule has 0 aliphatic carbocycles. The van der Waals surface area contributed by atoms with Crippen molar-refractivity contribution in [3.8, 4) is 0 Å². The SMILES string of the molecule is O=C(NCCC1=CCNCC1)Nc1ccccc1Cl. The zero-order valence-electron chi connectivity index (χ0n) is 10.7. The largest absolute Gasteiger partial charge is 0.338 e. The maximum absolute atomic E-state index is 11.7. The molecule has 1 aliphatic heterocycles. The highest BCUT2D eigenvalue weighted by molar-refractivity contribution is 6.33. The Balaban J connectivity index is 1.73. The number of hydrogen-bond acceptors (Lipinski definition) is 2. The van der Waals surface area contributed by atoms with E-state index in [1.165, 1.54) is 5.57 Å². The van der Waals surface area contributed by atoms with Crippen molar-refractivity contribution in [3.63, 3.8) is 0 Å². The molecule has 0 fully saturated rings. The van der Waals surface area contributed by atoms with Gasteiger partial charge in [0.15, 0.2) is 0 Å². The number of amides is 2. The van der Waals surface area contributed by atoms with E-state index in [1.54, 1.807) is 12.1 Å². The first-order chi connectivity index (χ1) is 9.25. The molecule has 102 valence electrons. The van der Waals surface area contributed by atoms with Crippen LogP contribution in [0, 0.1) is 0 Å². The van der Waals surface area contributed by atoms with Crippen LogP contribution in [0.25, 0.3) is 0 Å². The molecule has 1 heterocycles. The van der Waals surface area contributed by atoms with Gasteiger partial charge in [-0.25, -0.2) is 4.79 Å². The van der Waals surface area contributed by atoms with Crippen LogP contribution in [-0.2, 0) is 0 Å². The molecular formula is C14H18ClN3O. The molecule has 4 nitrogen and oxygen atoms in total. The highest BCUT2D eigenvalue weighted by atomic mass is 35.5. The van der Waals surface area contributed by atoms with Crippen molar-refractivity contribution >= 4 is 23.3 Å². The number of urea groups is 1. The van der Waals surface area contributed by atoms with Gasteiger partial charge in [0, 0.05) is 13.1 Å². The molecule has 0 spiro atoms. The zero-order valence-corrected chi connectivity index (χ0v) is 11.5. The average molecular weight is 280 g/mol. The maximum atomic E-state index is 11.7. The zero-order chi connectivity index (χ0) is 13.5. The summed E-state index contributed by atoms with van der Waals surface area (Å²) in [6, 6.07) is 6.97. The monoisotopic (exact) mass is 279 g/mol. The molecule has 0 saturated heterocycles. The predicted octanol–water partition coefficient (Wildman–Crippen LogP) is 2.77. The summed E-state index contributed by atoms with van der Waals surface area (Å²) < 4.78 is 0. The number of benzene rings is 1. The highest BCUT2D eigenvalue weighted by Crippen LogP contribution is 2.20. The molecule has 1 aromatic carbocycles. The summed E-state index contributed by atoms with van der Waals surface area (Å²) in [7, 11) is 0. The van der Waals surface area contributed by atoms with E-state index < -0.39 is 0 Å². The third-order valence-corrected chi connectivity index (χ3v) is 3.34. The fourth-order valence-corrected chi connectivity index (χ4v) is 2.15. The van der Waals surface area contributed by atoms with E-state index >= 15 is 0 Å². The van der Waals surface area contributed by atoms with Gasteiger partial charge in [0.1, 0.15) is 0 Å². The van der Waals surface area contributed by atoms with E-state index in [1.807, 2.05) is 12.1 Å². The van der Waals surface area contributed by atoms with Gasteiger partial charge in [-0.05, 0) is 31.5 Å². The number of para-hydroxylation sites is 1. The van der Waals surface area contributed by atoms with Gasteiger partial charge >= 0.3 is 6.03 Å². The number of carbonyl (C=O) groups excluding carboxylic acids is 1. The molecule has 5 heteroatoms. The Bertz CT molecular complexity index is 474. The number of rotatable bonds is 4. The number of carbonyl (C=O) groups is 1. The van der Waals surface area contributed by atoms with E-state index in [9.17, 15) is 4.79 Å².